The van der Waals surface area contributed by atoms with Crippen molar-refractivity contribution in [1.29, 1.82) is 0 Å². The summed E-state index contributed by atoms with van der Waals surface area (Å²) in [5, 5.41) is 13.4. The smallest absolute Gasteiger partial charge is 0.235 e. The van der Waals surface area contributed by atoms with Crippen LogP contribution in [0.15, 0.2) is 480 Å². The van der Waals surface area contributed by atoms with Crippen molar-refractivity contribution in [3.8, 4) is 125 Å². The van der Waals surface area contributed by atoms with Gasteiger partial charge >= 0.3 is 0 Å². The van der Waals surface area contributed by atoms with Gasteiger partial charge in [-0.2, -0.15) is 0 Å². The standard InChI is InChI=1S/C49H34N4.C43H27N7.C38H24N6/c1-49(2)40-17-9-6-14-36(40)37-26-24-34(30-41(37)49)31-20-22-32(23-21-31)46-38-15-7-10-18-42(38)50-48(51-46)53-43-19-11-8-16-39(43)45-44(53)27-25-33-28-29-52(47(33)45)35-12-4-3-5-13-35;1-4-14-29(15-5-1)40-46-41(30-16-6-2-7-17-30)48-42(47-40)38-32-20-10-12-22-34(32)44-43(45-38)50-35-23-13-11-21-33(35)37-36(50)25-24-28-26-27-49(39(28)37)31-18-8-3-9-19-31;1-2-9-28(10-3-1)43-24-21-26-19-20-33-34(36(26)43)30-12-5-7-14-32(30)44(33)38-41-31-13-6-4-11-29(31)35(42-38)25-15-17-27(18-16-25)37-39-22-8-23-40-37/h3-30H,1-2H3;1-27H;1-24H. The van der Waals surface area contributed by atoms with Crippen molar-refractivity contribution in [2.24, 2.45) is 0 Å². The molecule has 17 nitrogen and oxygen atoms in total. The molecule has 147 heavy (non-hydrogen) atoms. The fraction of sp³-hybridized carbons (Fsp3) is 0.0231. The molecule has 690 valence electrons. The molecule has 11 aromatic heterocycles. The minimum atomic E-state index is -0.0403. The number of fused-ring (bicyclic) bond motifs is 21. The first-order valence-corrected chi connectivity index (χ1v) is 49.4. The van der Waals surface area contributed by atoms with Gasteiger partial charge in [-0.05, 0) is 155 Å². The van der Waals surface area contributed by atoms with Crippen LogP contribution >= 0.6 is 0 Å². The predicted molar refractivity (Wildman–Crippen MR) is 597 cm³/mol. The van der Waals surface area contributed by atoms with Gasteiger partial charge in [0.2, 0.25) is 17.8 Å². The summed E-state index contributed by atoms with van der Waals surface area (Å²) in [6.07, 6.45) is 9.99. The summed E-state index contributed by atoms with van der Waals surface area (Å²) in [7, 11) is 0. The highest BCUT2D eigenvalue weighted by Gasteiger charge is 2.36. The Morgan fingerprint density at radius 1 is 0.204 bits per heavy atom. The van der Waals surface area contributed by atoms with Crippen LogP contribution in [0.1, 0.15) is 25.0 Å². The van der Waals surface area contributed by atoms with E-state index < -0.39 is 0 Å². The van der Waals surface area contributed by atoms with Crippen LogP contribution in [0, 0.1) is 0 Å². The maximum absolute atomic E-state index is 5.40. The Morgan fingerprint density at radius 3 is 0.946 bits per heavy atom. The Bertz CT molecular complexity index is 10200. The summed E-state index contributed by atoms with van der Waals surface area (Å²) >= 11 is 0. The number of hydrogen-bond donors (Lipinski definition) is 0. The van der Waals surface area contributed by atoms with Crippen LogP contribution in [-0.4, -0.2) is 82.2 Å². The third kappa shape index (κ3) is 14.3. The molecule has 0 atom stereocenters. The highest BCUT2D eigenvalue weighted by atomic mass is 15.2. The molecule has 0 fully saturated rings. The van der Waals surface area contributed by atoms with Crippen LogP contribution < -0.4 is 0 Å². The second-order valence-corrected chi connectivity index (χ2v) is 37.7. The van der Waals surface area contributed by atoms with Crippen LogP contribution in [0.2, 0.25) is 0 Å². The molecule has 0 spiro atoms. The summed E-state index contributed by atoms with van der Waals surface area (Å²) in [5.41, 5.74) is 30.9. The van der Waals surface area contributed by atoms with Gasteiger partial charge in [-0.15, -0.1) is 0 Å². The average Bonchev–Trinajstić information content (AvgIpc) is 1.56. The summed E-state index contributed by atoms with van der Waals surface area (Å²) in [5.74, 6) is 4.19. The van der Waals surface area contributed by atoms with Crippen molar-refractivity contribution in [1.82, 2.24) is 82.2 Å². The molecule has 11 heterocycles. The highest BCUT2D eigenvalue weighted by molar-refractivity contribution is 6.24. The normalized spacial score (nSPS) is 12.2. The number of rotatable bonds is 13. The number of para-hydroxylation sites is 9. The molecule has 29 aromatic rings. The molecule has 0 saturated heterocycles. The molecule has 0 amide bonds. The van der Waals surface area contributed by atoms with Gasteiger partial charge in [0.1, 0.15) is 5.69 Å². The van der Waals surface area contributed by atoms with E-state index in [1.54, 1.807) is 12.4 Å². The van der Waals surface area contributed by atoms with E-state index >= 15 is 0 Å². The van der Waals surface area contributed by atoms with Gasteiger partial charge in [0, 0.05) is 146 Å². The first kappa shape index (κ1) is 85.1. The summed E-state index contributed by atoms with van der Waals surface area (Å²) < 4.78 is 13.4. The third-order valence-electron chi connectivity index (χ3n) is 28.9. The minimum absolute atomic E-state index is 0.0403. The zero-order valence-electron chi connectivity index (χ0n) is 79.7. The van der Waals surface area contributed by atoms with Gasteiger partial charge in [0.25, 0.3) is 0 Å². The molecule has 0 radical (unpaired) electrons. The zero-order valence-corrected chi connectivity index (χ0v) is 79.7. The first-order valence-electron chi connectivity index (χ1n) is 49.4. The quantitative estimate of drug-likeness (QED) is 0.108. The molecule has 17 heteroatoms. The summed E-state index contributed by atoms with van der Waals surface area (Å²) in [6, 6.07) is 156. The van der Waals surface area contributed by atoms with E-state index in [2.05, 4.69) is 403 Å². The van der Waals surface area contributed by atoms with Crippen LogP contribution in [0.25, 0.3) is 256 Å². The van der Waals surface area contributed by atoms with Crippen molar-refractivity contribution >= 4 is 131 Å². The number of nitrogens with zero attached hydrogens (tertiary/aromatic N) is 17. The monoisotopic (exact) mass is 1880 g/mol. The average molecular weight is 1890 g/mol. The van der Waals surface area contributed by atoms with Gasteiger partial charge in [-0.1, -0.05) is 341 Å². The van der Waals surface area contributed by atoms with Gasteiger partial charge in [-0.3, -0.25) is 13.7 Å². The van der Waals surface area contributed by atoms with E-state index in [4.69, 9.17) is 44.9 Å². The molecular formula is C130H85N17. The largest absolute Gasteiger partial charge is 0.316 e. The third-order valence-corrected chi connectivity index (χ3v) is 28.9. The molecule has 18 aromatic carbocycles. The molecule has 0 N–H and O–H groups in total. The van der Waals surface area contributed by atoms with Gasteiger partial charge in [-0.25, -0.2) is 54.8 Å². The Balaban J connectivity index is 0.000000107. The second-order valence-electron chi connectivity index (χ2n) is 37.7. The van der Waals surface area contributed by atoms with Gasteiger partial charge in [0.05, 0.1) is 77.6 Å². The van der Waals surface area contributed by atoms with Gasteiger partial charge < -0.3 is 13.7 Å². The van der Waals surface area contributed by atoms with Crippen LogP contribution in [0.4, 0.5) is 0 Å². The topological polar surface area (TPSA) is 171 Å². The lowest BCUT2D eigenvalue weighted by molar-refractivity contribution is 0.660. The maximum Gasteiger partial charge on any atom is 0.235 e. The molecule has 0 bridgehead atoms. The van der Waals surface area contributed by atoms with Crippen LogP contribution in [0.3, 0.4) is 0 Å². The fourth-order valence-electron chi connectivity index (χ4n) is 22.1. The molecular weight excluding hydrogens is 1800 g/mol. The Morgan fingerprint density at radius 2 is 0.524 bits per heavy atom. The van der Waals surface area contributed by atoms with E-state index in [1.807, 2.05) is 115 Å². The zero-order chi connectivity index (χ0) is 97.3. The maximum atomic E-state index is 5.40. The lowest BCUT2D eigenvalue weighted by Crippen LogP contribution is -2.14. The highest BCUT2D eigenvalue weighted by Crippen LogP contribution is 2.51. The molecule has 0 unspecified atom stereocenters. The molecule has 1 aliphatic rings. The van der Waals surface area contributed by atoms with Crippen molar-refractivity contribution in [3.63, 3.8) is 0 Å². The Kier molecular flexibility index (Phi) is 20.1. The number of aromatic nitrogens is 17. The van der Waals surface area contributed by atoms with Crippen molar-refractivity contribution in [2.75, 3.05) is 0 Å². The molecule has 1 aliphatic carbocycles. The Hall–Kier alpha value is -19.9. The molecule has 30 rings (SSSR count). The van der Waals surface area contributed by atoms with Crippen molar-refractivity contribution < 1.29 is 0 Å². The van der Waals surface area contributed by atoms with E-state index in [0.717, 1.165) is 149 Å². The van der Waals surface area contributed by atoms with Gasteiger partial charge in [0.15, 0.2) is 23.3 Å². The van der Waals surface area contributed by atoms with E-state index in [0.29, 0.717) is 46.8 Å². The number of benzene rings is 18. The van der Waals surface area contributed by atoms with Crippen LogP contribution in [-0.2, 0) is 5.41 Å². The van der Waals surface area contributed by atoms with Crippen LogP contribution in [0.5, 0.6) is 0 Å². The molecule has 0 saturated carbocycles. The lowest BCUT2D eigenvalue weighted by atomic mass is 9.81. The lowest BCUT2D eigenvalue weighted by Gasteiger charge is -2.22. The van der Waals surface area contributed by atoms with E-state index in [1.165, 1.54) is 71.3 Å². The SMILES string of the molecule is CC1(C)c2ccccc2-c2ccc(-c3ccc(-c4nc(-n5c6ccccc6c6c7c(ccc65)ccn7-c5ccccc5)nc5ccccc45)cc3)cc21.c1ccc(-c2nc(-c3ccccc3)nc(-c3nc(-n4c5ccccc5c5c6c(ccc54)ccn6-c4ccccc4)nc4ccccc34)n2)cc1.c1ccc(-n2ccc3ccc4c(c5ccccc5n4-c4nc(-c5ccc(-c6ncccn6)cc5)c5ccccc5n4)c32)cc1. The minimum Gasteiger partial charge on any atom is -0.316 e. The first-order chi connectivity index (χ1) is 72.7. The van der Waals surface area contributed by atoms with E-state index in [9.17, 15) is 0 Å². The Labute approximate surface area is 843 Å². The second kappa shape index (κ2) is 34.8. The summed E-state index contributed by atoms with van der Waals surface area (Å²) in [4.78, 5) is 55.4. The van der Waals surface area contributed by atoms with E-state index in [-0.39, 0.29) is 5.41 Å². The van der Waals surface area contributed by atoms with Crippen molar-refractivity contribution in [3.05, 3.63) is 491 Å². The predicted octanol–water partition coefficient (Wildman–Crippen LogP) is 31.0. The summed E-state index contributed by atoms with van der Waals surface area (Å²) in [6.45, 7) is 4.67. The number of hydrogen-bond acceptors (Lipinski definition) is 11. The molecule has 0 aliphatic heterocycles. The fourth-order valence-corrected chi connectivity index (χ4v) is 22.1. The van der Waals surface area contributed by atoms with Crippen molar-refractivity contribution in [2.45, 2.75) is 19.3 Å².